The number of benzene rings is 1. The fraction of sp³-hybridized carbons (Fsp3) is 0.615. The second kappa shape index (κ2) is 11.7. The van der Waals surface area contributed by atoms with Crippen LogP contribution in [0.5, 0.6) is 0 Å². The van der Waals surface area contributed by atoms with Gasteiger partial charge in [-0.1, -0.05) is 23.8 Å². The molecule has 0 aromatic heterocycles. The van der Waals surface area contributed by atoms with E-state index in [1.165, 1.54) is 44.2 Å². The lowest BCUT2D eigenvalue weighted by Crippen LogP contribution is -2.14. The van der Waals surface area contributed by atoms with E-state index in [0.717, 1.165) is 44.4 Å². The summed E-state index contributed by atoms with van der Waals surface area (Å²) >= 11 is 0. The fourth-order valence-electron chi connectivity index (χ4n) is 5.05. The number of alkyl halides is 1. The summed E-state index contributed by atoms with van der Waals surface area (Å²) in [7, 11) is 0. The van der Waals surface area contributed by atoms with Gasteiger partial charge < -0.3 is 0 Å². The Kier molecular flexibility index (Phi) is 9.02. The second-order valence-corrected chi connectivity index (χ2v) is 9.08. The zero-order valence-electron chi connectivity index (χ0n) is 17.8. The first-order valence-corrected chi connectivity index (χ1v) is 11.6. The Morgan fingerprint density at radius 1 is 0.833 bits per heavy atom. The average Bonchev–Trinajstić information content (AvgIpc) is 2.77. The minimum atomic E-state index is -1.37. The van der Waals surface area contributed by atoms with E-state index in [0.29, 0.717) is 17.9 Å². The first kappa shape index (κ1) is 23.1. The average molecular weight is 423 g/mol. The topological polar surface area (TPSA) is 0 Å². The first-order valence-electron chi connectivity index (χ1n) is 11.6. The molecule has 1 atom stereocenters. The Labute approximate surface area is 178 Å². The van der Waals surface area contributed by atoms with E-state index in [1.807, 2.05) is 6.08 Å². The van der Waals surface area contributed by atoms with Crippen LogP contribution in [0.4, 0.5) is 17.6 Å². The van der Waals surface area contributed by atoms with E-state index in [4.69, 9.17) is 0 Å². The van der Waals surface area contributed by atoms with Gasteiger partial charge in [0.05, 0.1) is 6.67 Å². The van der Waals surface area contributed by atoms with Gasteiger partial charge in [-0.3, -0.25) is 4.39 Å². The van der Waals surface area contributed by atoms with Crippen LogP contribution < -0.4 is 0 Å². The highest BCUT2D eigenvalue weighted by molar-refractivity contribution is 5.23. The standard InChI is InChI=1S/C26H34F4/c27-16-4-2-1-3-5-19-6-8-20(9-7-19)10-11-21-12-14-22(15-13-21)23-17-24(28)26(30)25(29)18-23/h1-2,8,17-19,21-22H,3-7,9-16H2/b2-1+/t19?,21-,22-. The molecule has 1 aromatic carbocycles. The van der Waals surface area contributed by atoms with Gasteiger partial charge in [-0.15, -0.1) is 0 Å². The Morgan fingerprint density at radius 2 is 1.53 bits per heavy atom. The van der Waals surface area contributed by atoms with E-state index in [9.17, 15) is 17.6 Å². The molecule has 0 spiro atoms. The van der Waals surface area contributed by atoms with Gasteiger partial charge in [-0.2, -0.15) is 0 Å². The predicted octanol–water partition coefficient (Wildman–Crippen LogP) is 8.58. The van der Waals surface area contributed by atoms with Crippen molar-refractivity contribution in [3.05, 3.63) is 58.9 Å². The van der Waals surface area contributed by atoms with Crippen molar-refractivity contribution in [1.82, 2.24) is 0 Å². The van der Waals surface area contributed by atoms with Crippen molar-refractivity contribution in [3.63, 3.8) is 0 Å². The van der Waals surface area contributed by atoms with E-state index in [2.05, 4.69) is 12.2 Å². The molecule has 1 aromatic rings. The molecule has 3 rings (SSSR count). The molecule has 0 bridgehead atoms. The van der Waals surface area contributed by atoms with Gasteiger partial charge in [0.2, 0.25) is 0 Å². The van der Waals surface area contributed by atoms with E-state index in [-0.39, 0.29) is 12.6 Å². The number of allylic oxidation sites excluding steroid dienone is 4. The summed E-state index contributed by atoms with van der Waals surface area (Å²) < 4.78 is 52.3. The third kappa shape index (κ3) is 6.72. The van der Waals surface area contributed by atoms with Crippen LogP contribution in [0.25, 0.3) is 0 Å². The smallest absolute Gasteiger partial charge is 0.194 e. The molecule has 2 aliphatic carbocycles. The molecule has 4 heteroatoms. The maximum Gasteiger partial charge on any atom is 0.194 e. The van der Waals surface area contributed by atoms with Crippen molar-refractivity contribution >= 4 is 0 Å². The highest BCUT2D eigenvalue weighted by atomic mass is 19.2. The lowest BCUT2D eigenvalue weighted by atomic mass is 9.76. The summed E-state index contributed by atoms with van der Waals surface area (Å²) in [5.41, 5.74) is 2.19. The lowest BCUT2D eigenvalue weighted by Gasteiger charge is -2.30. The van der Waals surface area contributed by atoms with Crippen LogP contribution in [-0.2, 0) is 0 Å². The van der Waals surface area contributed by atoms with E-state index < -0.39 is 17.5 Å². The molecule has 0 aliphatic heterocycles. The van der Waals surface area contributed by atoms with Crippen LogP contribution in [0.15, 0.2) is 35.9 Å². The van der Waals surface area contributed by atoms with E-state index in [1.54, 1.807) is 5.57 Å². The summed E-state index contributed by atoms with van der Waals surface area (Å²) in [5, 5.41) is 0. The molecule has 1 unspecified atom stereocenters. The van der Waals surface area contributed by atoms with Crippen molar-refractivity contribution in [1.29, 1.82) is 0 Å². The van der Waals surface area contributed by atoms with Crippen LogP contribution in [-0.4, -0.2) is 6.67 Å². The zero-order valence-corrected chi connectivity index (χ0v) is 17.8. The molecule has 166 valence electrons. The predicted molar refractivity (Wildman–Crippen MR) is 115 cm³/mol. The van der Waals surface area contributed by atoms with Gasteiger partial charge in [0.1, 0.15) is 0 Å². The molecule has 0 N–H and O–H groups in total. The van der Waals surface area contributed by atoms with Crippen molar-refractivity contribution in [2.75, 3.05) is 6.67 Å². The van der Waals surface area contributed by atoms with Gasteiger partial charge in [-0.25, -0.2) is 13.2 Å². The first-order chi connectivity index (χ1) is 14.6. The number of hydrogen-bond donors (Lipinski definition) is 0. The summed E-state index contributed by atoms with van der Waals surface area (Å²) in [6, 6.07) is 2.34. The Morgan fingerprint density at radius 3 is 2.17 bits per heavy atom. The number of hydrogen-bond acceptors (Lipinski definition) is 0. The SMILES string of the molecule is FCC/C=C/CCC1CC=C(CC[C@H]2CC[C@H](c3cc(F)c(F)c(F)c3)CC2)CC1. The Bertz CT molecular complexity index is 706. The van der Waals surface area contributed by atoms with Crippen molar-refractivity contribution < 1.29 is 17.6 Å². The van der Waals surface area contributed by atoms with Gasteiger partial charge in [-0.05, 0) is 112 Å². The minimum absolute atomic E-state index is 0.138. The summed E-state index contributed by atoms with van der Waals surface area (Å²) in [6.07, 6.45) is 19.3. The Hall–Kier alpha value is -1.58. The van der Waals surface area contributed by atoms with Crippen LogP contribution in [0.3, 0.4) is 0 Å². The third-order valence-corrected chi connectivity index (χ3v) is 7.00. The minimum Gasteiger partial charge on any atom is -0.251 e. The van der Waals surface area contributed by atoms with Crippen molar-refractivity contribution in [3.8, 4) is 0 Å². The molecule has 0 heterocycles. The van der Waals surface area contributed by atoms with Crippen LogP contribution >= 0.6 is 0 Å². The Balaban J connectivity index is 1.36. The number of halogens is 4. The van der Waals surface area contributed by atoms with Gasteiger partial charge in [0.15, 0.2) is 17.5 Å². The number of rotatable bonds is 9. The molecule has 0 radical (unpaired) electrons. The summed E-state index contributed by atoms with van der Waals surface area (Å²) in [6.45, 7) is -0.267. The van der Waals surface area contributed by atoms with Crippen LogP contribution in [0.2, 0.25) is 0 Å². The highest BCUT2D eigenvalue weighted by Crippen LogP contribution is 2.39. The highest BCUT2D eigenvalue weighted by Gasteiger charge is 2.25. The molecule has 0 saturated heterocycles. The largest absolute Gasteiger partial charge is 0.251 e. The molecule has 0 amide bonds. The van der Waals surface area contributed by atoms with Crippen LogP contribution in [0.1, 0.15) is 88.5 Å². The van der Waals surface area contributed by atoms with Crippen molar-refractivity contribution in [2.24, 2.45) is 11.8 Å². The molecule has 1 saturated carbocycles. The maximum absolute atomic E-state index is 13.5. The molecular weight excluding hydrogens is 388 g/mol. The maximum atomic E-state index is 13.5. The molecule has 1 fully saturated rings. The second-order valence-electron chi connectivity index (χ2n) is 9.08. The van der Waals surface area contributed by atoms with Gasteiger partial charge in [0, 0.05) is 0 Å². The molecular formula is C26H34F4. The monoisotopic (exact) mass is 422 g/mol. The zero-order chi connectivity index (χ0) is 21.3. The molecule has 2 aliphatic rings. The van der Waals surface area contributed by atoms with Gasteiger partial charge in [0.25, 0.3) is 0 Å². The van der Waals surface area contributed by atoms with Crippen molar-refractivity contribution in [2.45, 2.75) is 83.0 Å². The summed E-state index contributed by atoms with van der Waals surface area (Å²) in [4.78, 5) is 0. The lowest BCUT2D eigenvalue weighted by molar-refractivity contribution is 0.306. The molecule has 0 nitrogen and oxygen atoms in total. The van der Waals surface area contributed by atoms with E-state index >= 15 is 0 Å². The molecule has 30 heavy (non-hydrogen) atoms. The normalized spacial score (nSPS) is 24.9. The quantitative estimate of drug-likeness (QED) is 0.212. The fourth-order valence-corrected chi connectivity index (χ4v) is 5.05. The summed E-state index contributed by atoms with van der Waals surface area (Å²) in [5.74, 6) is -1.95. The van der Waals surface area contributed by atoms with Crippen LogP contribution in [0, 0.1) is 29.3 Å². The third-order valence-electron chi connectivity index (χ3n) is 7.00. The van der Waals surface area contributed by atoms with Gasteiger partial charge >= 0.3 is 0 Å².